The summed E-state index contributed by atoms with van der Waals surface area (Å²) < 4.78 is 0. The number of likely N-dealkylation sites (tertiary alicyclic amines) is 1. The van der Waals surface area contributed by atoms with Crippen molar-refractivity contribution in [2.75, 3.05) is 13.1 Å². The second-order valence-corrected chi connectivity index (χ2v) is 6.19. The van der Waals surface area contributed by atoms with E-state index < -0.39 is 5.41 Å². The first kappa shape index (κ1) is 14.1. The number of rotatable bonds is 4. The molecular weight excluding hydrogens is 264 g/mol. The van der Waals surface area contributed by atoms with Gasteiger partial charge in [-0.1, -0.05) is 30.3 Å². The summed E-state index contributed by atoms with van der Waals surface area (Å²) in [5.74, 6) is -0.0616. The van der Waals surface area contributed by atoms with Crippen molar-refractivity contribution >= 4 is 11.8 Å². The number of hydrogen-bond acceptors (Lipinski definition) is 2. The molecule has 21 heavy (non-hydrogen) atoms. The van der Waals surface area contributed by atoms with Gasteiger partial charge in [-0.2, -0.15) is 0 Å². The van der Waals surface area contributed by atoms with Crippen LogP contribution in [0.25, 0.3) is 0 Å². The van der Waals surface area contributed by atoms with Gasteiger partial charge in [0.2, 0.25) is 11.8 Å². The van der Waals surface area contributed by atoms with Crippen LogP contribution in [0.1, 0.15) is 44.2 Å². The summed E-state index contributed by atoms with van der Waals surface area (Å²) in [6, 6.07) is 9.79. The maximum atomic E-state index is 12.6. The third-order valence-corrected chi connectivity index (χ3v) is 4.63. The minimum Gasteiger partial charge on any atom is -0.349 e. The van der Waals surface area contributed by atoms with Crippen LogP contribution in [0.2, 0.25) is 0 Å². The fraction of sp³-hybridized carbons (Fsp3) is 0.529. The number of nitrogens with one attached hydrogen (secondary N) is 1. The Labute approximate surface area is 125 Å². The molecule has 0 radical (unpaired) electrons. The van der Waals surface area contributed by atoms with E-state index in [4.69, 9.17) is 0 Å². The van der Waals surface area contributed by atoms with E-state index in [1.54, 1.807) is 0 Å². The minimum atomic E-state index is -0.770. The van der Waals surface area contributed by atoms with Gasteiger partial charge in [0, 0.05) is 13.1 Å². The Morgan fingerprint density at radius 1 is 1.14 bits per heavy atom. The molecule has 0 spiro atoms. The van der Waals surface area contributed by atoms with Crippen molar-refractivity contribution in [2.24, 2.45) is 5.41 Å². The third-order valence-electron chi connectivity index (χ3n) is 4.63. The summed E-state index contributed by atoms with van der Waals surface area (Å²) in [4.78, 5) is 27.0. The second-order valence-electron chi connectivity index (χ2n) is 6.19. The first-order valence-corrected chi connectivity index (χ1v) is 7.79. The van der Waals surface area contributed by atoms with E-state index in [0.29, 0.717) is 12.8 Å². The summed E-state index contributed by atoms with van der Waals surface area (Å²) >= 11 is 0. The van der Waals surface area contributed by atoms with Crippen LogP contribution in [0.15, 0.2) is 30.3 Å². The lowest BCUT2D eigenvalue weighted by Crippen LogP contribution is -2.44. The summed E-state index contributed by atoms with van der Waals surface area (Å²) in [6.45, 7) is 3.58. The molecule has 1 unspecified atom stereocenters. The molecule has 1 atom stereocenters. The molecule has 112 valence electrons. The molecule has 4 nitrogen and oxygen atoms in total. The highest BCUT2D eigenvalue weighted by atomic mass is 16.2. The summed E-state index contributed by atoms with van der Waals surface area (Å²) in [5.41, 5.74) is 0.295. The smallest absolute Gasteiger partial charge is 0.238 e. The van der Waals surface area contributed by atoms with Gasteiger partial charge in [0.25, 0.3) is 0 Å². The molecule has 0 aromatic heterocycles. The average molecular weight is 286 g/mol. The third kappa shape index (κ3) is 2.67. The number of carbonyl (C=O) groups excluding carboxylic acids is 2. The summed E-state index contributed by atoms with van der Waals surface area (Å²) in [7, 11) is 0. The monoisotopic (exact) mass is 286 g/mol. The van der Waals surface area contributed by atoms with Crippen LogP contribution in [0, 0.1) is 5.41 Å². The first-order chi connectivity index (χ1) is 10.1. The average Bonchev–Trinajstić information content (AvgIpc) is 3.15. The molecule has 1 heterocycles. The Morgan fingerprint density at radius 3 is 2.33 bits per heavy atom. The van der Waals surface area contributed by atoms with Crippen LogP contribution in [0.3, 0.4) is 0 Å². The van der Waals surface area contributed by atoms with E-state index in [1.807, 2.05) is 42.2 Å². The number of nitrogens with zero attached hydrogens (tertiary/aromatic N) is 1. The molecule has 1 aliphatic carbocycles. The second kappa shape index (κ2) is 5.51. The standard InChI is InChI=1S/C17H22N2O2/c1-13(14-7-3-2-4-8-14)18-15(20)17(9-10-17)16(21)19-11-5-6-12-19/h2-4,7-8,13H,5-6,9-12H2,1H3,(H,18,20). The Kier molecular flexibility index (Phi) is 3.70. The zero-order chi connectivity index (χ0) is 14.9. The topological polar surface area (TPSA) is 49.4 Å². The Hall–Kier alpha value is -1.84. The van der Waals surface area contributed by atoms with Crippen LogP contribution < -0.4 is 5.32 Å². The SMILES string of the molecule is CC(NC(=O)C1(C(=O)N2CCCC2)CC1)c1ccccc1. The Balaban J connectivity index is 1.66. The molecule has 1 saturated carbocycles. The number of benzene rings is 1. The number of hydrogen-bond donors (Lipinski definition) is 1. The summed E-state index contributed by atoms with van der Waals surface area (Å²) in [6.07, 6.45) is 3.50. The van der Waals surface area contributed by atoms with E-state index in [0.717, 1.165) is 31.5 Å². The molecule has 1 aliphatic heterocycles. The highest BCUT2D eigenvalue weighted by Crippen LogP contribution is 2.48. The van der Waals surface area contributed by atoms with Crippen molar-refractivity contribution in [1.29, 1.82) is 0 Å². The number of carbonyl (C=O) groups is 2. The summed E-state index contributed by atoms with van der Waals surface area (Å²) in [5, 5.41) is 3.02. The fourth-order valence-electron chi connectivity index (χ4n) is 3.05. The van der Waals surface area contributed by atoms with Gasteiger partial charge in [-0.3, -0.25) is 9.59 Å². The number of amides is 2. The van der Waals surface area contributed by atoms with Gasteiger partial charge < -0.3 is 10.2 Å². The lowest BCUT2D eigenvalue weighted by Gasteiger charge is -2.24. The predicted octanol–water partition coefficient (Wildman–Crippen LogP) is 2.27. The van der Waals surface area contributed by atoms with Crippen molar-refractivity contribution in [3.05, 3.63) is 35.9 Å². The Morgan fingerprint density at radius 2 is 1.76 bits per heavy atom. The minimum absolute atomic E-state index is 0.0396. The molecular formula is C17H22N2O2. The highest BCUT2D eigenvalue weighted by Gasteiger charge is 2.58. The van der Waals surface area contributed by atoms with E-state index in [1.165, 1.54) is 0 Å². The van der Waals surface area contributed by atoms with E-state index >= 15 is 0 Å². The zero-order valence-corrected chi connectivity index (χ0v) is 12.5. The van der Waals surface area contributed by atoms with Crippen molar-refractivity contribution in [2.45, 2.75) is 38.6 Å². The van der Waals surface area contributed by atoms with Crippen molar-refractivity contribution in [3.8, 4) is 0 Å². The van der Waals surface area contributed by atoms with Gasteiger partial charge in [0.05, 0.1) is 6.04 Å². The largest absolute Gasteiger partial charge is 0.349 e. The molecule has 0 bridgehead atoms. The Bertz CT molecular complexity index is 531. The molecule has 1 aromatic rings. The normalized spacial score (nSPS) is 20.9. The highest BCUT2D eigenvalue weighted by molar-refractivity contribution is 6.08. The lowest BCUT2D eigenvalue weighted by atomic mass is 10.0. The van der Waals surface area contributed by atoms with E-state index in [-0.39, 0.29) is 17.9 Å². The quantitative estimate of drug-likeness (QED) is 0.863. The van der Waals surface area contributed by atoms with Gasteiger partial charge in [-0.15, -0.1) is 0 Å². The van der Waals surface area contributed by atoms with Crippen molar-refractivity contribution < 1.29 is 9.59 Å². The molecule has 2 fully saturated rings. The molecule has 1 aromatic carbocycles. The van der Waals surface area contributed by atoms with Gasteiger partial charge in [0.15, 0.2) is 0 Å². The maximum absolute atomic E-state index is 12.6. The fourth-order valence-corrected chi connectivity index (χ4v) is 3.05. The molecule has 3 rings (SSSR count). The first-order valence-electron chi connectivity index (χ1n) is 7.79. The van der Waals surface area contributed by atoms with Crippen LogP contribution in [-0.4, -0.2) is 29.8 Å². The molecule has 1 N–H and O–H groups in total. The van der Waals surface area contributed by atoms with Gasteiger partial charge in [-0.05, 0) is 38.2 Å². The van der Waals surface area contributed by atoms with Gasteiger partial charge in [0.1, 0.15) is 5.41 Å². The zero-order valence-electron chi connectivity index (χ0n) is 12.5. The van der Waals surface area contributed by atoms with Crippen LogP contribution in [0.5, 0.6) is 0 Å². The lowest BCUT2D eigenvalue weighted by molar-refractivity contribution is -0.143. The molecule has 2 amide bonds. The maximum Gasteiger partial charge on any atom is 0.238 e. The van der Waals surface area contributed by atoms with Crippen molar-refractivity contribution in [3.63, 3.8) is 0 Å². The van der Waals surface area contributed by atoms with Gasteiger partial charge >= 0.3 is 0 Å². The van der Waals surface area contributed by atoms with Crippen molar-refractivity contribution in [1.82, 2.24) is 10.2 Å². The van der Waals surface area contributed by atoms with Crippen LogP contribution >= 0.6 is 0 Å². The van der Waals surface area contributed by atoms with Crippen LogP contribution in [-0.2, 0) is 9.59 Å². The molecule has 1 saturated heterocycles. The molecule has 2 aliphatic rings. The van der Waals surface area contributed by atoms with Gasteiger partial charge in [-0.25, -0.2) is 0 Å². The predicted molar refractivity (Wildman–Crippen MR) is 80.5 cm³/mol. The van der Waals surface area contributed by atoms with Crippen LogP contribution in [0.4, 0.5) is 0 Å². The van der Waals surface area contributed by atoms with E-state index in [9.17, 15) is 9.59 Å². The molecule has 4 heteroatoms. The van der Waals surface area contributed by atoms with E-state index in [2.05, 4.69) is 5.32 Å².